The van der Waals surface area contributed by atoms with Gasteiger partial charge in [0.2, 0.25) is 8.87 Å². The zero-order chi connectivity index (χ0) is 7.83. The van der Waals surface area contributed by atoms with E-state index in [0.29, 0.717) is 0 Å². The Morgan fingerprint density at radius 1 is 1.50 bits per heavy atom. The SMILES string of the molecule is CC1(C)CC=CS(=O)(=O)S1. The number of hydrogen-bond donors (Lipinski definition) is 0. The molecule has 4 heteroatoms. The van der Waals surface area contributed by atoms with Gasteiger partial charge in [-0.05, 0) is 31.1 Å². The van der Waals surface area contributed by atoms with E-state index < -0.39 is 8.87 Å². The van der Waals surface area contributed by atoms with Crippen molar-refractivity contribution in [3.63, 3.8) is 0 Å². The summed E-state index contributed by atoms with van der Waals surface area (Å²) in [6, 6.07) is 0. The van der Waals surface area contributed by atoms with Gasteiger partial charge in [0.25, 0.3) is 0 Å². The molecule has 1 rings (SSSR count). The maximum absolute atomic E-state index is 10.9. The summed E-state index contributed by atoms with van der Waals surface area (Å²) in [6.07, 6.45) is 2.54. The summed E-state index contributed by atoms with van der Waals surface area (Å²) in [6.45, 7) is 3.86. The second-order valence-electron chi connectivity index (χ2n) is 2.91. The average Bonchev–Trinajstić information content (AvgIpc) is 1.56. The van der Waals surface area contributed by atoms with E-state index in [9.17, 15) is 8.42 Å². The van der Waals surface area contributed by atoms with Gasteiger partial charge in [0, 0.05) is 10.2 Å². The van der Waals surface area contributed by atoms with Gasteiger partial charge in [-0.25, -0.2) is 8.42 Å². The lowest BCUT2D eigenvalue weighted by Gasteiger charge is -2.23. The molecule has 0 fully saturated rings. The maximum Gasteiger partial charge on any atom is 0.223 e. The Morgan fingerprint density at radius 2 is 2.10 bits per heavy atom. The minimum atomic E-state index is -2.95. The minimum Gasteiger partial charge on any atom is -0.213 e. The highest BCUT2D eigenvalue weighted by atomic mass is 33.1. The van der Waals surface area contributed by atoms with Crippen molar-refractivity contribution < 1.29 is 8.42 Å². The molecule has 0 bridgehead atoms. The molecule has 0 aromatic heterocycles. The van der Waals surface area contributed by atoms with Gasteiger partial charge < -0.3 is 0 Å². The largest absolute Gasteiger partial charge is 0.223 e. The molecule has 0 unspecified atom stereocenters. The fraction of sp³-hybridized carbons (Fsp3) is 0.667. The minimum absolute atomic E-state index is 0.145. The van der Waals surface area contributed by atoms with Crippen molar-refractivity contribution in [3.05, 3.63) is 11.5 Å². The van der Waals surface area contributed by atoms with Crippen molar-refractivity contribution >= 4 is 19.7 Å². The fourth-order valence-electron chi connectivity index (χ4n) is 0.826. The molecule has 0 spiro atoms. The molecule has 1 aliphatic rings. The Morgan fingerprint density at radius 3 is 2.40 bits per heavy atom. The summed E-state index contributed by atoms with van der Waals surface area (Å²) in [5.41, 5.74) is 0. The second-order valence-corrected chi connectivity index (χ2v) is 7.34. The third-order valence-electron chi connectivity index (χ3n) is 1.21. The van der Waals surface area contributed by atoms with Gasteiger partial charge in [0.15, 0.2) is 0 Å². The van der Waals surface area contributed by atoms with Crippen molar-refractivity contribution in [1.29, 1.82) is 0 Å². The summed E-state index contributed by atoms with van der Waals surface area (Å²) >= 11 is 0. The lowest BCUT2D eigenvalue weighted by Crippen LogP contribution is -2.18. The Labute approximate surface area is 65.0 Å². The van der Waals surface area contributed by atoms with Crippen LogP contribution in [-0.4, -0.2) is 13.2 Å². The molecular formula is C6H10O2S2. The quantitative estimate of drug-likeness (QED) is 0.530. The number of rotatable bonds is 0. The van der Waals surface area contributed by atoms with Gasteiger partial charge in [-0.1, -0.05) is 6.08 Å². The van der Waals surface area contributed by atoms with Crippen LogP contribution in [0.15, 0.2) is 11.5 Å². The molecule has 1 aliphatic heterocycles. The topological polar surface area (TPSA) is 34.1 Å². The van der Waals surface area contributed by atoms with E-state index in [1.165, 1.54) is 5.41 Å². The molecule has 0 saturated heterocycles. The van der Waals surface area contributed by atoms with E-state index in [4.69, 9.17) is 0 Å². The van der Waals surface area contributed by atoms with Crippen molar-refractivity contribution in [2.24, 2.45) is 0 Å². The standard InChI is InChI=1S/C6H10O2S2/c1-6(2)4-3-5-10(7,8)9-6/h3,5H,4H2,1-2H3. The van der Waals surface area contributed by atoms with E-state index in [-0.39, 0.29) is 4.75 Å². The Bertz CT molecular complexity index is 249. The van der Waals surface area contributed by atoms with E-state index in [1.807, 2.05) is 13.8 Å². The van der Waals surface area contributed by atoms with Crippen LogP contribution in [0.4, 0.5) is 0 Å². The molecule has 0 radical (unpaired) electrons. The van der Waals surface area contributed by atoms with Crippen LogP contribution < -0.4 is 0 Å². The normalized spacial score (nSPS) is 28.2. The molecule has 0 aromatic rings. The van der Waals surface area contributed by atoms with E-state index in [1.54, 1.807) is 6.08 Å². The van der Waals surface area contributed by atoms with Gasteiger partial charge in [0.05, 0.1) is 0 Å². The van der Waals surface area contributed by atoms with Crippen LogP contribution in [0.25, 0.3) is 0 Å². The van der Waals surface area contributed by atoms with Crippen LogP contribution in [0.3, 0.4) is 0 Å². The van der Waals surface area contributed by atoms with Crippen LogP contribution in [0.5, 0.6) is 0 Å². The lowest BCUT2D eigenvalue weighted by molar-refractivity contribution is 0.614. The van der Waals surface area contributed by atoms with Gasteiger partial charge in [-0.2, -0.15) is 0 Å². The first-order valence-electron chi connectivity index (χ1n) is 3.03. The summed E-state index contributed by atoms with van der Waals surface area (Å²) in [5.74, 6) is 0. The first kappa shape index (κ1) is 8.14. The van der Waals surface area contributed by atoms with Crippen molar-refractivity contribution in [3.8, 4) is 0 Å². The highest BCUT2D eigenvalue weighted by molar-refractivity contribution is 8.73. The first-order valence-corrected chi connectivity index (χ1v) is 5.91. The molecule has 0 saturated carbocycles. The summed E-state index contributed by atoms with van der Waals surface area (Å²) < 4.78 is 21.7. The van der Waals surface area contributed by atoms with E-state index in [2.05, 4.69) is 0 Å². The molecule has 0 atom stereocenters. The first-order chi connectivity index (χ1) is 4.41. The van der Waals surface area contributed by atoms with E-state index >= 15 is 0 Å². The van der Waals surface area contributed by atoms with Gasteiger partial charge >= 0.3 is 0 Å². The Hall–Kier alpha value is 0.0400. The zero-order valence-corrected chi connectivity index (χ0v) is 7.63. The molecule has 1 heterocycles. The highest BCUT2D eigenvalue weighted by Gasteiger charge is 2.27. The van der Waals surface area contributed by atoms with Crippen LogP contribution in [0.2, 0.25) is 0 Å². The maximum atomic E-state index is 10.9. The lowest BCUT2D eigenvalue weighted by atomic mass is 10.1. The summed E-state index contributed by atoms with van der Waals surface area (Å²) in [7, 11) is -1.92. The summed E-state index contributed by atoms with van der Waals surface area (Å²) in [4.78, 5) is 0. The van der Waals surface area contributed by atoms with Gasteiger partial charge in [-0.15, -0.1) is 0 Å². The predicted molar refractivity (Wildman–Crippen MR) is 44.3 cm³/mol. The molecule has 10 heavy (non-hydrogen) atoms. The number of hydrogen-bond acceptors (Lipinski definition) is 3. The molecule has 2 nitrogen and oxygen atoms in total. The zero-order valence-electron chi connectivity index (χ0n) is 5.99. The van der Waals surface area contributed by atoms with Crippen molar-refractivity contribution in [2.45, 2.75) is 25.0 Å². The average molecular weight is 178 g/mol. The molecule has 0 N–H and O–H groups in total. The molecule has 58 valence electrons. The van der Waals surface area contributed by atoms with Gasteiger partial charge in [0.1, 0.15) is 0 Å². The second kappa shape index (κ2) is 2.27. The third kappa shape index (κ3) is 2.02. The van der Waals surface area contributed by atoms with Crippen LogP contribution in [0, 0.1) is 0 Å². The number of allylic oxidation sites excluding steroid dienone is 1. The van der Waals surface area contributed by atoms with Crippen LogP contribution >= 0.6 is 10.8 Å². The molecular weight excluding hydrogens is 168 g/mol. The van der Waals surface area contributed by atoms with Crippen molar-refractivity contribution in [1.82, 2.24) is 0 Å². The molecule has 0 aromatic carbocycles. The molecule has 0 aliphatic carbocycles. The Kier molecular flexibility index (Phi) is 1.85. The van der Waals surface area contributed by atoms with Gasteiger partial charge in [-0.3, -0.25) is 0 Å². The third-order valence-corrected chi connectivity index (χ3v) is 4.97. The van der Waals surface area contributed by atoms with E-state index in [0.717, 1.165) is 17.2 Å². The molecule has 0 amide bonds. The van der Waals surface area contributed by atoms with Crippen LogP contribution in [0.1, 0.15) is 20.3 Å². The fourth-order valence-corrected chi connectivity index (χ4v) is 4.50. The predicted octanol–water partition coefficient (Wildman–Crippen LogP) is 1.75. The van der Waals surface area contributed by atoms with Crippen LogP contribution in [-0.2, 0) is 8.87 Å². The Balaban J connectivity index is 2.94. The van der Waals surface area contributed by atoms with Crippen molar-refractivity contribution in [2.75, 3.05) is 0 Å². The monoisotopic (exact) mass is 178 g/mol. The highest BCUT2D eigenvalue weighted by Crippen LogP contribution is 2.37. The summed E-state index contributed by atoms with van der Waals surface area (Å²) in [5, 5.41) is 1.28. The smallest absolute Gasteiger partial charge is 0.213 e.